The largest absolute Gasteiger partial charge is 0.480 e. The lowest BCUT2D eigenvalue weighted by atomic mass is 10.1. The molecule has 0 atom stereocenters. The van der Waals surface area contributed by atoms with E-state index in [9.17, 15) is 13.2 Å². The number of nitrogens with zero attached hydrogens (tertiary/aromatic N) is 4. The molecule has 4 aromatic rings. The molecule has 0 aliphatic rings. The molecule has 0 spiro atoms. The van der Waals surface area contributed by atoms with Gasteiger partial charge >= 0.3 is 5.97 Å². The van der Waals surface area contributed by atoms with Gasteiger partial charge in [-0.25, -0.2) is 8.42 Å². The Hall–Kier alpha value is -3.31. The summed E-state index contributed by atoms with van der Waals surface area (Å²) < 4.78 is 30.2. The fourth-order valence-corrected chi connectivity index (χ4v) is 6.21. The van der Waals surface area contributed by atoms with E-state index in [-0.39, 0.29) is 10.0 Å². The number of carbonyl (C=O) groups is 1. The second-order valence-corrected chi connectivity index (χ2v) is 10.2. The zero-order valence-electron chi connectivity index (χ0n) is 17.4. The summed E-state index contributed by atoms with van der Waals surface area (Å²) in [5.41, 5.74) is 2.78. The van der Waals surface area contributed by atoms with Gasteiger partial charge in [-0.1, -0.05) is 37.6 Å². The number of hydrogen-bond donors (Lipinski definition) is 2. The Balaban J connectivity index is 1.63. The minimum atomic E-state index is -3.81. The van der Waals surface area contributed by atoms with Crippen molar-refractivity contribution in [3.05, 3.63) is 53.6 Å². The van der Waals surface area contributed by atoms with E-state index in [1.807, 2.05) is 19.1 Å². The fourth-order valence-electron chi connectivity index (χ4n) is 3.42. The van der Waals surface area contributed by atoms with Crippen LogP contribution in [0.15, 0.2) is 46.7 Å². The van der Waals surface area contributed by atoms with Crippen LogP contribution in [0.4, 0.5) is 5.69 Å². The van der Waals surface area contributed by atoms with E-state index in [0.29, 0.717) is 11.3 Å². The Morgan fingerprint density at radius 1 is 1.22 bits per heavy atom. The average Bonchev–Trinajstić information content (AvgIpc) is 3.33. The lowest BCUT2D eigenvalue weighted by Crippen LogP contribution is -2.12. The van der Waals surface area contributed by atoms with Crippen LogP contribution in [0.3, 0.4) is 0 Å². The Morgan fingerprint density at radius 2 is 2.03 bits per heavy atom. The number of aromatic nitrogens is 4. The molecule has 11 heteroatoms. The number of aliphatic carboxylic acids is 1. The van der Waals surface area contributed by atoms with Crippen molar-refractivity contribution in [1.82, 2.24) is 20.2 Å². The molecule has 0 amide bonds. The van der Waals surface area contributed by atoms with E-state index < -0.39 is 22.5 Å². The Labute approximate surface area is 188 Å². The smallest absolute Gasteiger partial charge is 0.327 e. The van der Waals surface area contributed by atoms with Gasteiger partial charge in [0.1, 0.15) is 4.21 Å². The molecule has 0 fully saturated rings. The molecule has 2 aromatic carbocycles. The number of hydrogen-bond acceptors (Lipinski definition) is 7. The van der Waals surface area contributed by atoms with Crippen molar-refractivity contribution >= 4 is 43.1 Å². The number of carboxylic acids is 1. The molecule has 2 aromatic heterocycles. The third kappa shape index (κ3) is 4.48. The lowest BCUT2D eigenvalue weighted by Gasteiger charge is -2.08. The first kappa shape index (κ1) is 21.9. The van der Waals surface area contributed by atoms with Gasteiger partial charge in [-0.05, 0) is 53.3 Å². The van der Waals surface area contributed by atoms with Crippen molar-refractivity contribution < 1.29 is 18.3 Å². The first-order valence-corrected chi connectivity index (χ1v) is 12.2. The summed E-state index contributed by atoms with van der Waals surface area (Å²) in [4.78, 5) is 11.8. The topological polar surface area (TPSA) is 127 Å². The van der Waals surface area contributed by atoms with E-state index >= 15 is 0 Å². The van der Waals surface area contributed by atoms with E-state index in [1.54, 1.807) is 24.3 Å². The predicted octanol–water partition coefficient (Wildman–Crippen LogP) is 3.70. The highest BCUT2D eigenvalue weighted by molar-refractivity contribution is 7.94. The summed E-state index contributed by atoms with van der Waals surface area (Å²) in [7, 11) is -3.81. The van der Waals surface area contributed by atoms with E-state index in [2.05, 4.69) is 33.1 Å². The van der Waals surface area contributed by atoms with Gasteiger partial charge in [0.25, 0.3) is 10.0 Å². The number of thiophene rings is 1. The number of rotatable bonds is 8. The number of fused-ring (bicyclic) bond motifs is 1. The van der Waals surface area contributed by atoms with Crippen LogP contribution in [0, 0.1) is 6.92 Å². The first-order chi connectivity index (χ1) is 15.3. The molecule has 9 nitrogen and oxygen atoms in total. The molecule has 0 bridgehead atoms. The van der Waals surface area contributed by atoms with Crippen molar-refractivity contribution in [1.29, 1.82) is 0 Å². The number of anilines is 1. The monoisotopic (exact) mass is 471 g/mol. The molecule has 2 heterocycles. The van der Waals surface area contributed by atoms with E-state index in [4.69, 9.17) is 5.11 Å². The number of carboxylic acid groups (broad SMARTS) is 1. The van der Waals surface area contributed by atoms with E-state index in [1.165, 1.54) is 16.9 Å². The zero-order chi connectivity index (χ0) is 22.9. The maximum atomic E-state index is 13.2. The Morgan fingerprint density at radius 3 is 2.78 bits per heavy atom. The number of benzene rings is 2. The van der Waals surface area contributed by atoms with Crippen LogP contribution >= 0.6 is 11.3 Å². The minimum Gasteiger partial charge on any atom is -0.480 e. The normalized spacial score (nSPS) is 11.7. The molecule has 4 rings (SSSR count). The molecule has 166 valence electrons. The summed E-state index contributed by atoms with van der Waals surface area (Å²) in [5.74, 6) is -0.884. The predicted molar refractivity (Wildman–Crippen MR) is 122 cm³/mol. The van der Waals surface area contributed by atoms with Gasteiger partial charge in [-0.15, -0.1) is 21.5 Å². The van der Waals surface area contributed by atoms with Gasteiger partial charge in [0.2, 0.25) is 5.82 Å². The van der Waals surface area contributed by atoms with Gasteiger partial charge in [0.05, 0.1) is 0 Å². The third-order valence-electron chi connectivity index (χ3n) is 4.84. The van der Waals surface area contributed by atoms with Crippen LogP contribution in [0.1, 0.15) is 24.5 Å². The maximum Gasteiger partial charge on any atom is 0.327 e. The second-order valence-electron chi connectivity index (χ2n) is 7.32. The average molecular weight is 472 g/mol. The maximum absolute atomic E-state index is 13.2. The molecular weight excluding hydrogens is 450 g/mol. The van der Waals surface area contributed by atoms with Crippen molar-refractivity contribution in [2.45, 2.75) is 37.4 Å². The van der Waals surface area contributed by atoms with Gasteiger partial charge in [0.15, 0.2) is 6.54 Å². The summed E-state index contributed by atoms with van der Waals surface area (Å²) in [6, 6.07) is 12.7. The van der Waals surface area contributed by atoms with Crippen molar-refractivity contribution in [2.75, 3.05) is 4.72 Å². The quantitative estimate of drug-likeness (QED) is 0.401. The van der Waals surface area contributed by atoms with Crippen LogP contribution in [0.2, 0.25) is 0 Å². The molecule has 0 saturated heterocycles. The highest BCUT2D eigenvalue weighted by Gasteiger charge is 2.22. The number of nitrogens with one attached hydrogen (secondary N) is 1. The molecule has 0 aliphatic carbocycles. The van der Waals surface area contributed by atoms with Gasteiger partial charge in [-0.3, -0.25) is 9.52 Å². The molecule has 0 unspecified atom stereocenters. The highest BCUT2D eigenvalue weighted by Crippen LogP contribution is 2.36. The fraction of sp³-hybridized carbons (Fsp3) is 0.238. The summed E-state index contributed by atoms with van der Waals surface area (Å²) in [5, 5.41) is 21.4. The van der Waals surface area contributed by atoms with Crippen LogP contribution in [-0.2, 0) is 27.8 Å². The Kier molecular flexibility index (Phi) is 5.94. The summed E-state index contributed by atoms with van der Waals surface area (Å²) >= 11 is 1.24. The molecule has 32 heavy (non-hydrogen) atoms. The van der Waals surface area contributed by atoms with Crippen molar-refractivity contribution in [3.63, 3.8) is 0 Å². The first-order valence-electron chi connectivity index (χ1n) is 9.91. The second kappa shape index (κ2) is 8.67. The molecule has 0 aliphatic heterocycles. The third-order valence-corrected chi connectivity index (χ3v) is 8.12. The summed E-state index contributed by atoms with van der Waals surface area (Å²) in [6.45, 7) is 3.52. The SMILES string of the molecule is CCCc1ccc2sc(S(=O)(=O)Nc3cccc(-c4nnn(CC(=O)O)n4)c3)c(C)c2c1. The molecule has 0 saturated carbocycles. The van der Waals surface area contributed by atoms with Crippen LogP contribution in [0.5, 0.6) is 0 Å². The van der Waals surface area contributed by atoms with Crippen molar-refractivity contribution in [3.8, 4) is 11.4 Å². The van der Waals surface area contributed by atoms with E-state index in [0.717, 1.165) is 33.3 Å². The molecule has 0 radical (unpaired) electrons. The lowest BCUT2D eigenvalue weighted by molar-refractivity contribution is -0.138. The van der Waals surface area contributed by atoms with Crippen LogP contribution in [0.25, 0.3) is 21.5 Å². The number of tetrazole rings is 1. The standard InChI is InChI=1S/C21H21N5O4S2/c1-3-5-14-8-9-18-17(10-14)13(2)21(31-18)32(29,30)24-16-7-4-6-15(11-16)20-22-25-26(23-20)12-19(27)28/h4,6-11,24H,3,5,12H2,1-2H3,(H,27,28). The zero-order valence-corrected chi connectivity index (χ0v) is 19.1. The number of aryl methyl sites for hydroxylation is 2. The van der Waals surface area contributed by atoms with Crippen LogP contribution in [-0.4, -0.2) is 39.7 Å². The summed E-state index contributed by atoms with van der Waals surface area (Å²) in [6.07, 6.45) is 1.97. The highest BCUT2D eigenvalue weighted by atomic mass is 32.2. The minimum absolute atomic E-state index is 0.203. The number of sulfonamides is 1. The molecule has 2 N–H and O–H groups in total. The van der Waals surface area contributed by atoms with Crippen molar-refractivity contribution in [2.24, 2.45) is 0 Å². The molecular formula is C21H21N5O4S2. The van der Waals surface area contributed by atoms with Gasteiger partial charge in [0, 0.05) is 16.0 Å². The Bertz CT molecular complexity index is 1410. The van der Waals surface area contributed by atoms with Gasteiger partial charge < -0.3 is 5.11 Å². The van der Waals surface area contributed by atoms with Crippen LogP contribution < -0.4 is 4.72 Å². The van der Waals surface area contributed by atoms with Gasteiger partial charge in [-0.2, -0.15) is 4.80 Å².